The molecule has 92 valence electrons. The van der Waals surface area contributed by atoms with Crippen molar-refractivity contribution < 1.29 is 0 Å². The third-order valence-corrected chi connectivity index (χ3v) is 2.86. The number of aryl methyl sites for hydroxylation is 1. The van der Waals surface area contributed by atoms with E-state index in [9.17, 15) is 0 Å². The quantitative estimate of drug-likeness (QED) is 0.736. The summed E-state index contributed by atoms with van der Waals surface area (Å²) in [6, 6.07) is 8.64. The van der Waals surface area contributed by atoms with Gasteiger partial charge in [0.05, 0.1) is 6.04 Å². The van der Waals surface area contributed by atoms with Crippen LogP contribution >= 0.6 is 0 Å². The highest BCUT2D eigenvalue weighted by Crippen LogP contribution is 2.15. The van der Waals surface area contributed by atoms with Crippen LogP contribution in [-0.2, 0) is 0 Å². The molecule has 0 aliphatic carbocycles. The molecule has 0 aromatic heterocycles. The van der Waals surface area contributed by atoms with Crippen LogP contribution < -0.4 is 11.1 Å². The normalized spacial score (nSPS) is 14.0. The van der Waals surface area contributed by atoms with Gasteiger partial charge in [-0.2, -0.15) is 0 Å². The molecule has 3 N–H and O–H groups in total. The Morgan fingerprint density at radius 1 is 1.47 bits per heavy atom. The van der Waals surface area contributed by atoms with E-state index in [1.807, 2.05) is 0 Å². The average Bonchev–Trinajstić information content (AvgIpc) is 2.34. The summed E-state index contributed by atoms with van der Waals surface area (Å²) < 4.78 is 0. The van der Waals surface area contributed by atoms with Crippen molar-refractivity contribution in [2.75, 3.05) is 6.54 Å². The maximum atomic E-state index is 5.82. The van der Waals surface area contributed by atoms with Gasteiger partial charge in [-0.3, -0.25) is 5.32 Å². The summed E-state index contributed by atoms with van der Waals surface area (Å²) in [5, 5.41) is 3.44. The predicted molar refractivity (Wildman–Crippen MR) is 73.6 cm³/mol. The minimum atomic E-state index is 0.106. The third kappa shape index (κ3) is 4.22. The summed E-state index contributed by atoms with van der Waals surface area (Å²) in [5.74, 6) is 2.79. The second-order valence-corrected chi connectivity index (χ2v) is 4.38. The fourth-order valence-electron chi connectivity index (χ4n) is 1.93. The molecule has 2 heteroatoms. The van der Waals surface area contributed by atoms with Gasteiger partial charge in [-0.25, -0.2) is 0 Å². The Balaban J connectivity index is 2.75. The van der Waals surface area contributed by atoms with E-state index in [-0.39, 0.29) is 12.1 Å². The minimum Gasteiger partial charge on any atom is -0.329 e. The molecular formula is C15H22N2. The van der Waals surface area contributed by atoms with Crippen LogP contribution in [0.15, 0.2) is 24.3 Å². The zero-order valence-electron chi connectivity index (χ0n) is 10.7. The number of nitrogens with two attached hydrogens (primary N) is 1. The molecule has 1 rings (SSSR count). The lowest BCUT2D eigenvalue weighted by molar-refractivity contribution is 0.475. The van der Waals surface area contributed by atoms with Gasteiger partial charge >= 0.3 is 0 Å². The molecule has 0 saturated heterocycles. The Bertz CT molecular complexity index is 379. The number of nitrogens with one attached hydrogen (secondary N) is 1. The van der Waals surface area contributed by atoms with E-state index in [0.29, 0.717) is 6.54 Å². The monoisotopic (exact) mass is 230 g/mol. The van der Waals surface area contributed by atoms with Crippen molar-refractivity contribution in [2.45, 2.75) is 38.8 Å². The van der Waals surface area contributed by atoms with Gasteiger partial charge in [0.25, 0.3) is 0 Å². The summed E-state index contributed by atoms with van der Waals surface area (Å²) in [7, 11) is 0. The number of terminal acetylenes is 1. The van der Waals surface area contributed by atoms with E-state index in [4.69, 9.17) is 12.2 Å². The molecule has 0 heterocycles. The SMILES string of the molecule is C#CC(CCC)NC(CN)c1cccc(C)c1. The first-order valence-electron chi connectivity index (χ1n) is 6.20. The fourth-order valence-corrected chi connectivity index (χ4v) is 1.93. The number of rotatable bonds is 6. The van der Waals surface area contributed by atoms with E-state index in [2.05, 4.69) is 49.4 Å². The lowest BCUT2D eigenvalue weighted by Crippen LogP contribution is -2.35. The van der Waals surface area contributed by atoms with Crippen LogP contribution in [0, 0.1) is 19.3 Å². The van der Waals surface area contributed by atoms with E-state index >= 15 is 0 Å². The summed E-state index contributed by atoms with van der Waals surface area (Å²) in [5.41, 5.74) is 8.28. The minimum absolute atomic E-state index is 0.106. The number of hydrogen-bond donors (Lipinski definition) is 2. The van der Waals surface area contributed by atoms with E-state index in [1.165, 1.54) is 11.1 Å². The Labute approximate surface area is 105 Å². The molecule has 0 aliphatic rings. The molecular weight excluding hydrogens is 208 g/mol. The first-order chi connectivity index (χ1) is 8.21. The number of benzene rings is 1. The van der Waals surface area contributed by atoms with Crippen LogP contribution in [0.1, 0.15) is 36.9 Å². The molecule has 0 bridgehead atoms. The van der Waals surface area contributed by atoms with Crippen molar-refractivity contribution in [1.29, 1.82) is 0 Å². The van der Waals surface area contributed by atoms with E-state index in [0.717, 1.165) is 12.8 Å². The predicted octanol–water partition coefficient (Wildman–Crippen LogP) is 2.39. The number of hydrogen-bond acceptors (Lipinski definition) is 2. The topological polar surface area (TPSA) is 38.0 Å². The molecule has 0 spiro atoms. The highest BCUT2D eigenvalue weighted by molar-refractivity contribution is 5.25. The zero-order chi connectivity index (χ0) is 12.7. The summed E-state index contributed by atoms with van der Waals surface area (Å²) in [4.78, 5) is 0. The molecule has 2 nitrogen and oxygen atoms in total. The van der Waals surface area contributed by atoms with E-state index < -0.39 is 0 Å². The Morgan fingerprint density at radius 2 is 2.24 bits per heavy atom. The fraction of sp³-hybridized carbons (Fsp3) is 0.467. The molecule has 2 unspecified atom stereocenters. The van der Waals surface area contributed by atoms with Gasteiger partial charge in [-0.1, -0.05) is 49.1 Å². The molecule has 1 aromatic carbocycles. The highest BCUT2D eigenvalue weighted by atomic mass is 15.0. The molecule has 0 amide bonds. The largest absolute Gasteiger partial charge is 0.329 e. The van der Waals surface area contributed by atoms with Gasteiger partial charge in [0.15, 0.2) is 0 Å². The van der Waals surface area contributed by atoms with Gasteiger partial charge in [-0.05, 0) is 18.9 Å². The lowest BCUT2D eigenvalue weighted by atomic mass is 10.0. The van der Waals surface area contributed by atoms with Crippen molar-refractivity contribution in [2.24, 2.45) is 5.73 Å². The maximum absolute atomic E-state index is 5.82. The van der Waals surface area contributed by atoms with Crippen LogP contribution in [0.5, 0.6) is 0 Å². The second kappa shape index (κ2) is 7.11. The van der Waals surface area contributed by atoms with Crippen molar-refractivity contribution in [3.05, 3.63) is 35.4 Å². The molecule has 1 aromatic rings. The molecule has 2 atom stereocenters. The molecule has 17 heavy (non-hydrogen) atoms. The van der Waals surface area contributed by atoms with Crippen LogP contribution in [0.2, 0.25) is 0 Å². The van der Waals surface area contributed by atoms with Gasteiger partial charge in [-0.15, -0.1) is 6.42 Å². The summed E-state index contributed by atoms with van der Waals surface area (Å²) in [6.45, 7) is 4.78. The van der Waals surface area contributed by atoms with Gasteiger partial charge in [0.2, 0.25) is 0 Å². The Kier molecular flexibility index (Phi) is 5.76. The van der Waals surface area contributed by atoms with Crippen LogP contribution in [0.3, 0.4) is 0 Å². The smallest absolute Gasteiger partial charge is 0.0692 e. The van der Waals surface area contributed by atoms with Crippen molar-refractivity contribution in [3.8, 4) is 12.3 Å². The first-order valence-corrected chi connectivity index (χ1v) is 6.20. The van der Waals surface area contributed by atoms with Crippen molar-refractivity contribution in [1.82, 2.24) is 5.32 Å². The highest BCUT2D eigenvalue weighted by Gasteiger charge is 2.13. The standard InChI is InChI=1S/C15H22N2/c1-4-7-14(5-2)17-15(11-16)13-9-6-8-12(3)10-13/h2,6,8-10,14-15,17H,4,7,11,16H2,1,3H3. The average molecular weight is 230 g/mol. The first kappa shape index (κ1) is 13.8. The van der Waals surface area contributed by atoms with E-state index in [1.54, 1.807) is 0 Å². The molecule has 0 aliphatic heterocycles. The van der Waals surface area contributed by atoms with Crippen molar-refractivity contribution in [3.63, 3.8) is 0 Å². The van der Waals surface area contributed by atoms with Crippen LogP contribution in [0.4, 0.5) is 0 Å². The van der Waals surface area contributed by atoms with Crippen LogP contribution in [0.25, 0.3) is 0 Å². The lowest BCUT2D eigenvalue weighted by Gasteiger charge is -2.22. The second-order valence-electron chi connectivity index (χ2n) is 4.38. The molecule has 0 radical (unpaired) electrons. The Morgan fingerprint density at radius 3 is 2.76 bits per heavy atom. The molecule has 0 fully saturated rings. The summed E-state index contributed by atoms with van der Waals surface area (Å²) in [6.07, 6.45) is 7.58. The summed E-state index contributed by atoms with van der Waals surface area (Å²) >= 11 is 0. The Hall–Kier alpha value is -1.30. The van der Waals surface area contributed by atoms with Gasteiger partial charge in [0, 0.05) is 12.6 Å². The third-order valence-electron chi connectivity index (χ3n) is 2.86. The van der Waals surface area contributed by atoms with Crippen molar-refractivity contribution >= 4 is 0 Å². The maximum Gasteiger partial charge on any atom is 0.0692 e. The van der Waals surface area contributed by atoms with Gasteiger partial charge in [0.1, 0.15) is 0 Å². The zero-order valence-corrected chi connectivity index (χ0v) is 10.7. The van der Waals surface area contributed by atoms with Crippen LogP contribution in [-0.4, -0.2) is 12.6 Å². The van der Waals surface area contributed by atoms with Gasteiger partial charge < -0.3 is 5.73 Å². The molecule has 0 saturated carbocycles.